The maximum absolute atomic E-state index is 13.3. The van der Waals surface area contributed by atoms with Crippen LogP contribution in [0.4, 0.5) is 9.18 Å². The van der Waals surface area contributed by atoms with Crippen molar-refractivity contribution in [3.63, 3.8) is 0 Å². The van der Waals surface area contributed by atoms with Crippen molar-refractivity contribution in [1.82, 2.24) is 4.90 Å². The lowest BCUT2D eigenvalue weighted by Crippen LogP contribution is -2.39. The standard InChI is InChI=1S/C27H30FNO5/c28-23-3-1-2-19(13-23)14-24(30)15-20-4-7-22-17-29(11-10-21(22)12-20)27(33)34-25-8-5-18(6-9-25)16-26(31)32/h1-4,7,12-13,18,25H,5-6,8-11,14-17H2,(H,31,32). The Labute approximate surface area is 198 Å². The lowest BCUT2D eigenvalue weighted by Gasteiger charge is -2.32. The molecule has 2 aliphatic rings. The van der Waals surface area contributed by atoms with E-state index < -0.39 is 5.97 Å². The third-order valence-electron chi connectivity index (χ3n) is 6.76. The summed E-state index contributed by atoms with van der Waals surface area (Å²) >= 11 is 0. The van der Waals surface area contributed by atoms with Gasteiger partial charge in [-0.05, 0) is 72.4 Å². The Morgan fingerprint density at radius 2 is 1.71 bits per heavy atom. The summed E-state index contributed by atoms with van der Waals surface area (Å²) in [5.41, 5.74) is 3.78. The third kappa shape index (κ3) is 6.43. The summed E-state index contributed by atoms with van der Waals surface area (Å²) in [6.45, 7) is 1.03. The first-order valence-corrected chi connectivity index (χ1v) is 11.9. The highest BCUT2D eigenvalue weighted by atomic mass is 19.1. The smallest absolute Gasteiger partial charge is 0.410 e. The van der Waals surface area contributed by atoms with Crippen LogP contribution in [0.15, 0.2) is 42.5 Å². The third-order valence-corrected chi connectivity index (χ3v) is 6.76. The highest BCUT2D eigenvalue weighted by molar-refractivity contribution is 5.83. The zero-order valence-electron chi connectivity index (χ0n) is 19.2. The SMILES string of the molecule is O=C(O)CC1CCC(OC(=O)N2CCc3cc(CC(=O)Cc4cccc(F)c4)ccc3C2)CC1. The maximum Gasteiger partial charge on any atom is 0.410 e. The molecule has 34 heavy (non-hydrogen) atoms. The number of fused-ring (bicyclic) bond motifs is 1. The number of benzene rings is 2. The van der Waals surface area contributed by atoms with Crippen LogP contribution in [0.3, 0.4) is 0 Å². The first-order chi connectivity index (χ1) is 16.4. The molecule has 1 aliphatic heterocycles. The molecule has 2 aromatic carbocycles. The van der Waals surface area contributed by atoms with Gasteiger partial charge in [-0.3, -0.25) is 9.59 Å². The number of carbonyl (C=O) groups is 3. The van der Waals surface area contributed by atoms with Crippen LogP contribution < -0.4 is 0 Å². The van der Waals surface area contributed by atoms with Gasteiger partial charge in [0, 0.05) is 32.4 Å². The van der Waals surface area contributed by atoms with Crippen molar-refractivity contribution in [2.24, 2.45) is 5.92 Å². The summed E-state index contributed by atoms with van der Waals surface area (Å²) < 4.78 is 19.1. The number of Topliss-reactive ketones (excluding diaryl/α,β-unsaturated/α-hetero) is 1. The van der Waals surface area contributed by atoms with Crippen LogP contribution in [0.1, 0.15) is 54.4 Å². The summed E-state index contributed by atoms with van der Waals surface area (Å²) in [6.07, 6.45) is 3.87. The molecule has 0 radical (unpaired) electrons. The fraction of sp³-hybridized carbons (Fsp3) is 0.444. The van der Waals surface area contributed by atoms with Crippen LogP contribution in [0.25, 0.3) is 0 Å². The molecule has 180 valence electrons. The van der Waals surface area contributed by atoms with Crippen LogP contribution in [0, 0.1) is 11.7 Å². The number of carbonyl (C=O) groups excluding carboxylic acids is 2. The van der Waals surface area contributed by atoms with E-state index in [1.807, 2.05) is 18.2 Å². The molecule has 1 fully saturated rings. The molecule has 0 bridgehead atoms. The van der Waals surface area contributed by atoms with Crippen molar-refractivity contribution in [2.45, 2.75) is 64.0 Å². The van der Waals surface area contributed by atoms with E-state index in [1.165, 1.54) is 12.1 Å². The second-order valence-electron chi connectivity index (χ2n) is 9.42. The lowest BCUT2D eigenvalue weighted by atomic mass is 9.85. The summed E-state index contributed by atoms with van der Waals surface area (Å²) in [4.78, 5) is 37.7. The Kier molecular flexibility index (Phi) is 7.60. The van der Waals surface area contributed by atoms with Crippen molar-refractivity contribution < 1.29 is 28.6 Å². The molecule has 1 heterocycles. The minimum absolute atomic E-state index is 0.0321. The highest BCUT2D eigenvalue weighted by Crippen LogP contribution is 2.29. The number of halogens is 1. The van der Waals surface area contributed by atoms with Crippen molar-refractivity contribution in [3.8, 4) is 0 Å². The van der Waals surface area contributed by atoms with E-state index in [0.29, 0.717) is 44.3 Å². The summed E-state index contributed by atoms with van der Waals surface area (Å²) in [7, 11) is 0. The first-order valence-electron chi connectivity index (χ1n) is 11.9. The van der Waals surface area contributed by atoms with Gasteiger partial charge in [0.25, 0.3) is 0 Å². The number of nitrogens with zero attached hydrogens (tertiary/aromatic N) is 1. The molecule has 7 heteroatoms. The molecule has 0 saturated heterocycles. The Morgan fingerprint density at radius 3 is 2.41 bits per heavy atom. The largest absolute Gasteiger partial charge is 0.481 e. The Bertz CT molecular complexity index is 1060. The topological polar surface area (TPSA) is 83.9 Å². The van der Waals surface area contributed by atoms with Gasteiger partial charge < -0.3 is 14.7 Å². The van der Waals surface area contributed by atoms with Crippen LogP contribution in [0.2, 0.25) is 0 Å². The van der Waals surface area contributed by atoms with Crippen molar-refractivity contribution in [2.75, 3.05) is 6.54 Å². The zero-order valence-corrected chi connectivity index (χ0v) is 19.2. The number of hydrogen-bond donors (Lipinski definition) is 1. The van der Waals surface area contributed by atoms with E-state index in [2.05, 4.69) is 0 Å². The molecule has 0 atom stereocenters. The van der Waals surface area contributed by atoms with Crippen LogP contribution in [-0.4, -0.2) is 40.5 Å². The normalized spacial score (nSPS) is 19.9. The molecule has 6 nitrogen and oxygen atoms in total. The first kappa shape index (κ1) is 23.9. The van der Waals surface area contributed by atoms with Gasteiger partial charge >= 0.3 is 12.1 Å². The number of carboxylic acids is 1. The van der Waals surface area contributed by atoms with Crippen molar-refractivity contribution >= 4 is 17.8 Å². The van der Waals surface area contributed by atoms with Gasteiger partial charge in [0.1, 0.15) is 17.7 Å². The van der Waals surface area contributed by atoms with Crippen molar-refractivity contribution in [3.05, 3.63) is 70.5 Å². The second kappa shape index (κ2) is 10.8. The van der Waals surface area contributed by atoms with E-state index in [-0.39, 0.29) is 42.6 Å². The molecule has 1 aliphatic carbocycles. The predicted octanol–water partition coefficient (Wildman–Crippen LogP) is 4.71. The van der Waals surface area contributed by atoms with E-state index in [4.69, 9.17) is 9.84 Å². The molecule has 0 spiro atoms. The molecular weight excluding hydrogens is 437 g/mol. The van der Waals surface area contributed by atoms with Gasteiger partial charge in [0.05, 0.1) is 0 Å². The Balaban J connectivity index is 1.27. The average molecular weight is 468 g/mol. The van der Waals surface area contributed by atoms with E-state index in [1.54, 1.807) is 17.0 Å². The average Bonchev–Trinajstić information content (AvgIpc) is 2.79. The monoisotopic (exact) mass is 467 g/mol. The van der Waals surface area contributed by atoms with Crippen LogP contribution in [0.5, 0.6) is 0 Å². The number of amides is 1. The number of aliphatic carboxylic acids is 1. The van der Waals surface area contributed by atoms with Crippen molar-refractivity contribution in [1.29, 1.82) is 0 Å². The van der Waals surface area contributed by atoms with E-state index in [9.17, 15) is 18.8 Å². The van der Waals surface area contributed by atoms with Gasteiger partial charge in [-0.2, -0.15) is 0 Å². The zero-order chi connectivity index (χ0) is 24.1. The fourth-order valence-corrected chi connectivity index (χ4v) is 4.95. The van der Waals surface area contributed by atoms with Gasteiger partial charge in [-0.1, -0.05) is 30.3 Å². The Hall–Kier alpha value is -3.22. The quantitative estimate of drug-likeness (QED) is 0.638. The predicted molar refractivity (Wildman–Crippen MR) is 124 cm³/mol. The molecule has 1 saturated carbocycles. The van der Waals surface area contributed by atoms with Gasteiger partial charge in [-0.15, -0.1) is 0 Å². The Morgan fingerprint density at radius 1 is 0.971 bits per heavy atom. The summed E-state index contributed by atoms with van der Waals surface area (Å²) in [5.74, 6) is -0.909. The summed E-state index contributed by atoms with van der Waals surface area (Å²) in [5, 5.41) is 8.94. The molecule has 0 unspecified atom stereocenters. The molecule has 1 N–H and O–H groups in total. The number of rotatable bonds is 7. The highest BCUT2D eigenvalue weighted by Gasteiger charge is 2.28. The second-order valence-corrected chi connectivity index (χ2v) is 9.42. The van der Waals surface area contributed by atoms with E-state index in [0.717, 1.165) is 29.5 Å². The molecule has 1 amide bonds. The van der Waals surface area contributed by atoms with Crippen LogP contribution in [-0.2, 0) is 40.1 Å². The van der Waals surface area contributed by atoms with Gasteiger partial charge in [0.15, 0.2) is 0 Å². The minimum Gasteiger partial charge on any atom is -0.481 e. The van der Waals surface area contributed by atoms with Gasteiger partial charge in [-0.25, -0.2) is 9.18 Å². The van der Waals surface area contributed by atoms with Gasteiger partial charge in [0.2, 0.25) is 0 Å². The van der Waals surface area contributed by atoms with E-state index >= 15 is 0 Å². The summed E-state index contributed by atoms with van der Waals surface area (Å²) in [6, 6.07) is 12.0. The maximum atomic E-state index is 13.3. The molecular formula is C27H30FNO5. The number of hydrogen-bond acceptors (Lipinski definition) is 4. The van der Waals surface area contributed by atoms with Crippen LogP contribution >= 0.6 is 0 Å². The molecule has 2 aromatic rings. The number of carboxylic acid groups (broad SMARTS) is 1. The fourth-order valence-electron chi connectivity index (χ4n) is 4.95. The number of ketones is 1. The lowest BCUT2D eigenvalue weighted by molar-refractivity contribution is -0.138. The molecule has 0 aromatic heterocycles. The minimum atomic E-state index is -0.772. The molecule has 4 rings (SSSR count). The number of ether oxygens (including phenoxy) is 1.